The molecule has 0 amide bonds. The van der Waals surface area contributed by atoms with Gasteiger partial charge in [0.1, 0.15) is 18.2 Å². The molecule has 0 saturated carbocycles. The lowest BCUT2D eigenvalue weighted by atomic mass is 10.0. The SMILES string of the molecule is O=C(c1ccc2ncc(N3CCOCC3)nc2c1)c1cccc(OCc2ccccc2)c1Cl. The summed E-state index contributed by atoms with van der Waals surface area (Å²) < 4.78 is 11.3. The summed E-state index contributed by atoms with van der Waals surface area (Å²) in [6, 6.07) is 20.4. The van der Waals surface area contributed by atoms with Gasteiger partial charge >= 0.3 is 0 Å². The standard InChI is InChI=1S/C26H22ClN3O3/c27-25-20(7-4-8-23(25)33-17-18-5-2-1-3-6-18)26(31)19-9-10-21-22(15-19)29-24(16-28-21)30-11-13-32-14-12-30/h1-10,15-16H,11-14,17H2. The summed E-state index contributed by atoms with van der Waals surface area (Å²) in [6.45, 7) is 3.24. The smallest absolute Gasteiger partial charge is 0.194 e. The van der Waals surface area contributed by atoms with Gasteiger partial charge in [0.05, 0.1) is 35.5 Å². The average molecular weight is 460 g/mol. The van der Waals surface area contributed by atoms with Crippen LogP contribution in [0.2, 0.25) is 5.02 Å². The number of benzene rings is 3. The molecule has 33 heavy (non-hydrogen) atoms. The molecule has 0 radical (unpaired) electrons. The Morgan fingerprint density at radius 2 is 1.82 bits per heavy atom. The van der Waals surface area contributed by atoms with Crippen LogP contribution >= 0.6 is 11.6 Å². The molecule has 1 aliphatic rings. The first kappa shape index (κ1) is 21.4. The molecule has 1 aliphatic heterocycles. The van der Waals surface area contributed by atoms with Crippen LogP contribution in [0.3, 0.4) is 0 Å². The molecule has 3 aromatic carbocycles. The minimum Gasteiger partial charge on any atom is -0.487 e. The normalized spacial score (nSPS) is 13.8. The van der Waals surface area contributed by atoms with Gasteiger partial charge in [0.15, 0.2) is 5.78 Å². The van der Waals surface area contributed by atoms with Crippen molar-refractivity contribution in [3.05, 3.63) is 94.6 Å². The maximum absolute atomic E-state index is 13.3. The van der Waals surface area contributed by atoms with E-state index in [1.54, 1.807) is 36.5 Å². The van der Waals surface area contributed by atoms with Gasteiger partial charge in [-0.25, -0.2) is 4.98 Å². The molecule has 1 aromatic heterocycles. The number of carbonyl (C=O) groups is 1. The van der Waals surface area contributed by atoms with Crippen LogP contribution in [0.25, 0.3) is 11.0 Å². The molecule has 0 aliphatic carbocycles. The summed E-state index contributed by atoms with van der Waals surface area (Å²) in [5.41, 5.74) is 3.30. The highest BCUT2D eigenvalue weighted by atomic mass is 35.5. The Balaban J connectivity index is 1.40. The van der Waals surface area contributed by atoms with Crippen LogP contribution in [-0.4, -0.2) is 42.1 Å². The molecule has 0 unspecified atom stereocenters. The van der Waals surface area contributed by atoms with Crippen molar-refractivity contribution in [2.24, 2.45) is 0 Å². The first-order valence-corrected chi connectivity index (χ1v) is 11.2. The number of aromatic nitrogens is 2. The Bertz CT molecular complexity index is 1290. The highest BCUT2D eigenvalue weighted by Crippen LogP contribution is 2.31. The van der Waals surface area contributed by atoms with E-state index < -0.39 is 0 Å². The van der Waals surface area contributed by atoms with Crippen LogP contribution in [0.5, 0.6) is 5.75 Å². The molecule has 166 valence electrons. The third-order valence-corrected chi connectivity index (χ3v) is 5.96. The van der Waals surface area contributed by atoms with Gasteiger partial charge in [-0.3, -0.25) is 9.78 Å². The quantitative estimate of drug-likeness (QED) is 0.381. The fourth-order valence-electron chi connectivity index (χ4n) is 3.78. The second-order valence-electron chi connectivity index (χ2n) is 7.75. The number of ketones is 1. The number of hydrogen-bond donors (Lipinski definition) is 0. The van der Waals surface area contributed by atoms with Gasteiger partial charge in [0.25, 0.3) is 0 Å². The molecule has 2 heterocycles. The fourth-order valence-corrected chi connectivity index (χ4v) is 4.04. The van der Waals surface area contributed by atoms with E-state index in [2.05, 4.69) is 9.88 Å². The van der Waals surface area contributed by atoms with Gasteiger partial charge in [-0.2, -0.15) is 0 Å². The summed E-state index contributed by atoms with van der Waals surface area (Å²) in [4.78, 5) is 24.7. The predicted octanol–water partition coefficient (Wildman–Crippen LogP) is 4.93. The number of anilines is 1. The summed E-state index contributed by atoms with van der Waals surface area (Å²) in [6.07, 6.45) is 1.76. The summed E-state index contributed by atoms with van der Waals surface area (Å²) in [5, 5.41) is 0.298. The lowest BCUT2D eigenvalue weighted by molar-refractivity contribution is 0.103. The Hall–Kier alpha value is -3.48. The van der Waals surface area contributed by atoms with E-state index in [0.29, 0.717) is 47.2 Å². The molecule has 0 bridgehead atoms. The maximum atomic E-state index is 13.3. The minimum atomic E-state index is -0.189. The Kier molecular flexibility index (Phi) is 6.19. The first-order chi connectivity index (χ1) is 16.2. The first-order valence-electron chi connectivity index (χ1n) is 10.8. The van der Waals surface area contributed by atoms with Gasteiger partial charge in [0, 0.05) is 24.2 Å². The zero-order chi connectivity index (χ0) is 22.6. The third kappa shape index (κ3) is 4.67. The van der Waals surface area contributed by atoms with E-state index in [9.17, 15) is 4.79 Å². The summed E-state index contributed by atoms with van der Waals surface area (Å²) in [7, 11) is 0. The molecule has 0 atom stereocenters. The van der Waals surface area contributed by atoms with Gasteiger partial charge < -0.3 is 14.4 Å². The number of carbonyl (C=O) groups excluding carboxylic acids is 1. The molecule has 7 heteroatoms. The van der Waals surface area contributed by atoms with Crippen LogP contribution in [0.4, 0.5) is 5.82 Å². The topological polar surface area (TPSA) is 64.6 Å². The van der Waals surface area contributed by atoms with E-state index in [0.717, 1.165) is 30.0 Å². The maximum Gasteiger partial charge on any atom is 0.194 e. The number of halogens is 1. The van der Waals surface area contributed by atoms with E-state index in [4.69, 9.17) is 26.1 Å². The third-order valence-electron chi connectivity index (χ3n) is 5.57. The highest BCUT2D eigenvalue weighted by Gasteiger charge is 2.18. The van der Waals surface area contributed by atoms with Crippen molar-refractivity contribution in [3.8, 4) is 5.75 Å². The van der Waals surface area contributed by atoms with Crippen molar-refractivity contribution in [2.75, 3.05) is 31.2 Å². The Morgan fingerprint density at radius 1 is 1.00 bits per heavy atom. The van der Waals surface area contributed by atoms with E-state index in [1.165, 1.54) is 0 Å². The molecular weight excluding hydrogens is 438 g/mol. The summed E-state index contributed by atoms with van der Waals surface area (Å²) in [5.74, 6) is 1.07. The molecule has 5 rings (SSSR count). The van der Waals surface area contributed by atoms with Crippen LogP contribution in [-0.2, 0) is 11.3 Å². The molecule has 1 fully saturated rings. The largest absolute Gasteiger partial charge is 0.487 e. The van der Waals surface area contributed by atoms with Crippen molar-refractivity contribution in [2.45, 2.75) is 6.61 Å². The molecule has 1 saturated heterocycles. The monoisotopic (exact) mass is 459 g/mol. The Morgan fingerprint density at radius 3 is 2.64 bits per heavy atom. The molecule has 0 spiro atoms. The van der Waals surface area contributed by atoms with E-state index in [1.807, 2.05) is 36.4 Å². The number of ether oxygens (including phenoxy) is 2. The van der Waals surface area contributed by atoms with Crippen LogP contribution in [0.15, 0.2) is 72.9 Å². The van der Waals surface area contributed by atoms with Crippen molar-refractivity contribution in [3.63, 3.8) is 0 Å². The van der Waals surface area contributed by atoms with E-state index in [-0.39, 0.29) is 5.78 Å². The number of hydrogen-bond acceptors (Lipinski definition) is 6. The fraction of sp³-hybridized carbons (Fsp3) is 0.192. The van der Waals surface area contributed by atoms with Gasteiger partial charge in [-0.15, -0.1) is 0 Å². The zero-order valence-corrected chi connectivity index (χ0v) is 18.7. The van der Waals surface area contributed by atoms with Gasteiger partial charge in [-0.1, -0.05) is 48.0 Å². The van der Waals surface area contributed by atoms with Crippen molar-refractivity contribution in [1.82, 2.24) is 9.97 Å². The van der Waals surface area contributed by atoms with Crippen molar-refractivity contribution >= 4 is 34.2 Å². The average Bonchev–Trinajstić information content (AvgIpc) is 2.88. The van der Waals surface area contributed by atoms with Crippen molar-refractivity contribution < 1.29 is 14.3 Å². The minimum absolute atomic E-state index is 0.189. The molecule has 4 aromatic rings. The van der Waals surface area contributed by atoms with Crippen LogP contribution < -0.4 is 9.64 Å². The zero-order valence-electron chi connectivity index (χ0n) is 17.9. The molecular formula is C26H22ClN3O3. The lowest BCUT2D eigenvalue weighted by Gasteiger charge is -2.27. The lowest BCUT2D eigenvalue weighted by Crippen LogP contribution is -2.36. The van der Waals surface area contributed by atoms with Crippen molar-refractivity contribution in [1.29, 1.82) is 0 Å². The highest BCUT2D eigenvalue weighted by molar-refractivity contribution is 6.36. The van der Waals surface area contributed by atoms with Crippen LogP contribution in [0.1, 0.15) is 21.5 Å². The second-order valence-corrected chi connectivity index (χ2v) is 8.13. The second kappa shape index (κ2) is 9.57. The Labute approximate surface area is 196 Å². The summed E-state index contributed by atoms with van der Waals surface area (Å²) >= 11 is 6.57. The number of nitrogens with zero attached hydrogens (tertiary/aromatic N) is 3. The number of rotatable bonds is 6. The number of morpholine rings is 1. The predicted molar refractivity (Wildman–Crippen MR) is 128 cm³/mol. The van der Waals surface area contributed by atoms with Gasteiger partial charge in [-0.05, 0) is 35.9 Å². The van der Waals surface area contributed by atoms with Gasteiger partial charge in [0.2, 0.25) is 0 Å². The van der Waals surface area contributed by atoms with E-state index >= 15 is 0 Å². The number of fused-ring (bicyclic) bond motifs is 1. The molecule has 6 nitrogen and oxygen atoms in total. The molecule has 0 N–H and O–H groups in total. The van der Waals surface area contributed by atoms with Crippen LogP contribution in [0, 0.1) is 0 Å².